The van der Waals surface area contributed by atoms with Crippen LogP contribution in [0.3, 0.4) is 0 Å². The number of rotatable bonds is 1. The predicted molar refractivity (Wildman–Crippen MR) is 99.4 cm³/mol. The number of hydrogen-bond donors (Lipinski definition) is 3. The molecule has 4 aromatic carbocycles. The molecule has 3 N–H and O–H groups in total. The minimum absolute atomic E-state index is 0.0891. The first kappa shape index (κ1) is 16.5. The number of ether oxygens (including phenoxy) is 1. The van der Waals surface area contributed by atoms with Crippen molar-refractivity contribution < 1.29 is 20.1 Å². The molecule has 4 rings (SSSR count). The summed E-state index contributed by atoms with van der Waals surface area (Å²) in [4.78, 5) is 0. The lowest BCUT2D eigenvalue weighted by Crippen LogP contribution is -1.82. The van der Waals surface area contributed by atoms with Crippen LogP contribution in [-0.4, -0.2) is 22.4 Å². The Morgan fingerprint density at radius 1 is 0.640 bits per heavy atom. The van der Waals surface area contributed by atoms with Crippen molar-refractivity contribution in [1.82, 2.24) is 0 Å². The predicted octanol–water partition coefficient (Wildman–Crippen LogP) is 4.81. The lowest BCUT2D eigenvalue weighted by Gasteiger charge is -2.04. The molecule has 0 aliphatic carbocycles. The summed E-state index contributed by atoms with van der Waals surface area (Å²) in [5.74, 6) is 1.14. The van der Waals surface area contributed by atoms with Gasteiger partial charge in [-0.2, -0.15) is 0 Å². The number of benzene rings is 4. The van der Waals surface area contributed by atoms with Crippen molar-refractivity contribution in [1.29, 1.82) is 0 Å². The third-order valence-corrected chi connectivity index (χ3v) is 3.87. The highest BCUT2D eigenvalue weighted by atomic mass is 16.5. The Morgan fingerprint density at radius 3 is 1.76 bits per heavy atom. The van der Waals surface area contributed by atoms with Crippen molar-refractivity contribution in [3.8, 4) is 23.0 Å². The number of aromatic hydroxyl groups is 3. The first-order chi connectivity index (χ1) is 12.1. The van der Waals surface area contributed by atoms with Crippen LogP contribution < -0.4 is 4.74 Å². The standard InChI is InChI=1S/C11H10O2.C10H8O2/c1-13-9-6-8-4-2-3-5-10(8)11(12)7-9;11-8-5-7-3-1-2-4-9(7)10(12)6-8/h2-7,12H,1H3;1-6,11-12H. The van der Waals surface area contributed by atoms with E-state index in [0.29, 0.717) is 5.75 Å². The van der Waals surface area contributed by atoms with Crippen molar-refractivity contribution >= 4 is 21.5 Å². The van der Waals surface area contributed by atoms with E-state index < -0.39 is 0 Å². The van der Waals surface area contributed by atoms with Crippen LogP contribution in [0.15, 0.2) is 72.8 Å². The molecule has 0 atom stereocenters. The molecule has 25 heavy (non-hydrogen) atoms. The molecule has 0 fully saturated rings. The zero-order valence-electron chi connectivity index (χ0n) is 13.7. The van der Waals surface area contributed by atoms with Crippen LogP contribution in [0.2, 0.25) is 0 Å². The highest BCUT2D eigenvalue weighted by Gasteiger charge is 2.01. The first-order valence-electron chi connectivity index (χ1n) is 7.75. The van der Waals surface area contributed by atoms with E-state index in [1.807, 2.05) is 54.6 Å². The maximum atomic E-state index is 9.60. The van der Waals surface area contributed by atoms with Gasteiger partial charge in [0, 0.05) is 22.9 Å². The van der Waals surface area contributed by atoms with Gasteiger partial charge in [-0.05, 0) is 22.9 Å². The van der Waals surface area contributed by atoms with Gasteiger partial charge in [0.1, 0.15) is 23.0 Å². The number of hydrogen-bond acceptors (Lipinski definition) is 4. The maximum Gasteiger partial charge on any atom is 0.127 e. The summed E-state index contributed by atoms with van der Waals surface area (Å²) in [6.45, 7) is 0. The van der Waals surface area contributed by atoms with Crippen LogP contribution in [0.1, 0.15) is 0 Å². The van der Waals surface area contributed by atoms with Gasteiger partial charge in [-0.15, -0.1) is 0 Å². The molecule has 0 saturated carbocycles. The van der Waals surface area contributed by atoms with Crippen LogP contribution >= 0.6 is 0 Å². The zero-order valence-corrected chi connectivity index (χ0v) is 13.7. The summed E-state index contributed by atoms with van der Waals surface area (Å²) < 4.78 is 5.04. The van der Waals surface area contributed by atoms with Crippen molar-refractivity contribution in [2.75, 3.05) is 7.11 Å². The SMILES string of the molecule is COc1cc(O)c2ccccc2c1.Oc1cc(O)c2ccccc2c1. The fraction of sp³-hybridized carbons (Fsp3) is 0.0476. The Hall–Kier alpha value is -3.40. The molecule has 0 heterocycles. The number of methoxy groups -OCH3 is 1. The van der Waals surface area contributed by atoms with E-state index in [1.165, 1.54) is 6.07 Å². The second-order valence-electron chi connectivity index (χ2n) is 5.55. The average molecular weight is 334 g/mol. The third kappa shape index (κ3) is 3.58. The Balaban J connectivity index is 0.000000146. The van der Waals surface area contributed by atoms with Gasteiger partial charge in [0.15, 0.2) is 0 Å². The van der Waals surface area contributed by atoms with Crippen molar-refractivity contribution in [2.24, 2.45) is 0 Å². The summed E-state index contributed by atoms with van der Waals surface area (Å²) >= 11 is 0. The quantitative estimate of drug-likeness (QED) is 0.467. The van der Waals surface area contributed by atoms with Crippen LogP contribution in [0.5, 0.6) is 23.0 Å². The Bertz CT molecular complexity index is 1020. The summed E-state index contributed by atoms with van der Waals surface area (Å²) in [5, 5.41) is 31.6. The minimum atomic E-state index is 0.0891. The topological polar surface area (TPSA) is 69.9 Å². The van der Waals surface area contributed by atoms with E-state index in [2.05, 4.69) is 0 Å². The molecular weight excluding hydrogens is 316 g/mol. The Morgan fingerprint density at radius 2 is 1.16 bits per heavy atom. The Labute approximate surface area is 145 Å². The monoisotopic (exact) mass is 334 g/mol. The van der Waals surface area contributed by atoms with Crippen molar-refractivity contribution in [3.63, 3.8) is 0 Å². The van der Waals surface area contributed by atoms with Crippen LogP contribution in [0.4, 0.5) is 0 Å². The van der Waals surface area contributed by atoms with E-state index >= 15 is 0 Å². The molecule has 0 spiro atoms. The lowest BCUT2D eigenvalue weighted by atomic mass is 10.1. The third-order valence-electron chi connectivity index (χ3n) is 3.87. The molecule has 0 aliphatic rings. The molecule has 126 valence electrons. The molecule has 0 aliphatic heterocycles. The van der Waals surface area contributed by atoms with Gasteiger partial charge in [-0.1, -0.05) is 48.5 Å². The Kier molecular flexibility index (Phi) is 4.61. The molecule has 0 saturated heterocycles. The van der Waals surface area contributed by atoms with Crippen LogP contribution in [0.25, 0.3) is 21.5 Å². The molecule has 0 aromatic heterocycles. The second-order valence-corrected chi connectivity index (χ2v) is 5.55. The van der Waals surface area contributed by atoms with Crippen molar-refractivity contribution in [3.05, 3.63) is 72.8 Å². The second kappa shape index (κ2) is 7.01. The highest BCUT2D eigenvalue weighted by Crippen LogP contribution is 2.30. The molecule has 0 unspecified atom stereocenters. The van der Waals surface area contributed by atoms with Crippen LogP contribution in [-0.2, 0) is 0 Å². The van der Waals surface area contributed by atoms with E-state index in [0.717, 1.165) is 21.5 Å². The fourth-order valence-electron chi connectivity index (χ4n) is 2.66. The van der Waals surface area contributed by atoms with Crippen LogP contribution in [0, 0.1) is 0 Å². The van der Waals surface area contributed by atoms with E-state index in [1.54, 1.807) is 19.2 Å². The lowest BCUT2D eigenvalue weighted by molar-refractivity contribution is 0.409. The first-order valence-corrected chi connectivity index (χ1v) is 7.75. The van der Waals surface area contributed by atoms with Gasteiger partial charge in [-0.25, -0.2) is 0 Å². The van der Waals surface area contributed by atoms with Crippen molar-refractivity contribution in [2.45, 2.75) is 0 Å². The number of phenolic OH excluding ortho intramolecular Hbond substituents is 3. The number of phenols is 3. The van der Waals surface area contributed by atoms with Gasteiger partial charge < -0.3 is 20.1 Å². The molecule has 0 radical (unpaired) electrons. The normalized spacial score (nSPS) is 10.3. The average Bonchev–Trinajstić information content (AvgIpc) is 2.62. The molecule has 4 aromatic rings. The molecule has 0 amide bonds. The van der Waals surface area contributed by atoms with E-state index in [4.69, 9.17) is 9.84 Å². The maximum absolute atomic E-state index is 9.60. The number of fused-ring (bicyclic) bond motifs is 2. The molecule has 4 nitrogen and oxygen atoms in total. The van der Waals surface area contributed by atoms with E-state index in [9.17, 15) is 10.2 Å². The summed E-state index contributed by atoms with van der Waals surface area (Å²) in [6.07, 6.45) is 0. The largest absolute Gasteiger partial charge is 0.508 e. The van der Waals surface area contributed by atoms with Gasteiger partial charge >= 0.3 is 0 Å². The summed E-state index contributed by atoms with van der Waals surface area (Å²) in [7, 11) is 1.59. The van der Waals surface area contributed by atoms with Gasteiger partial charge in [0.2, 0.25) is 0 Å². The minimum Gasteiger partial charge on any atom is -0.508 e. The summed E-state index contributed by atoms with van der Waals surface area (Å²) in [6, 6.07) is 21.5. The van der Waals surface area contributed by atoms with Gasteiger partial charge in [-0.3, -0.25) is 0 Å². The smallest absolute Gasteiger partial charge is 0.127 e. The summed E-state index contributed by atoms with van der Waals surface area (Å²) in [5.41, 5.74) is 0. The van der Waals surface area contributed by atoms with E-state index in [-0.39, 0.29) is 17.2 Å². The van der Waals surface area contributed by atoms with Gasteiger partial charge in [0.05, 0.1) is 7.11 Å². The highest BCUT2D eigenvalue weighted by molar-refractivity contribution is 5.90. The molecule has 0 bridgehead atoms. The zero-order chi connectivity index (χ0) is 17.8. The fourth-order valence-corrected chi connectivity index (χ4v) is 2.66. The van der Waals surface area contributed by atoms with Gasteiger partial charge in [0.25, 0.3) is 0 Å². The molecule has 4 heteroatoms. The molecular formula is C21H18O4.